The van der Waals surface area contributed by atoms with Crippen molar-refractivity contribution >= 4 is 41.8 Å². The normalized spacial score (nSPS) is 27.2. The number of aryl methyl sites for hydroxylation is 1. The highest BCUT2D eigenvalue weighted by atomic mass is 127. The van der Waals surface area contributed by atoms with E-state index in [2.05, 4.69) is 59.0 Å². The number of fused-ring (bicyclic) bond motifs is 5. The second-order valence-corrected chi connectivity index (χ2v) is 7.99. The molecule has 0 aromatic heterocycles. The van der Waals surface area contributed by atoms with Crippen LogP contribution in [0.4, 0.5) is 0 Å². The number of amides is 2. The summed E-state index contributed by atoms with van der Waals surface area (Å²) in [6.07, 6.45) is 6.12. The molecule has 4 unspecified atom stereocenters. The van der Waals surface area contributed by atoms with Gasteiger partial charge >= 0.3 is 0 Å². The highest BCUT2D eigenvalue weighted by molar-refractivity contribution is 14.0. The maximum Gasteiger partial charge on any atom is 0.233 e. The van der Waals surface area contributed by atoms with Gasteiger partial charge in [-0.25, -0.2) is 0 Å². The molecular formula is C22H29IN4O2. The van der Waals surface area contributed by atoms with E-state index >= 15 is 0 Å². The van der Waals surface area contributed by atoms with E-state index in [1.807, 2.05) is 0 Å². The lowest BCUT2D eigenvalue weighted by molar-refractivity contribution is -0.140. The maximum absolute atomic E-state index is 12.7. The summed E-state index contributed by atoms with van der Waals surface area (Å²) >= 11 is 0. The molecule has 1 aliphatic heterocycles. The van der Waals surface area contributed by atoms with Crippen molar-refractivity contribution in [3.8, 4) is 0 Å². The Morgan fingerprint density at radius 1 is 1.03 bits per heavy atom. The zero-order chi connectivity index (χ0) is 19.7. The molecule has 1 saturated carbocycles. The summed E-state index contributed by atoms with van der Waals surface area (Å²) in [5.41, 5.74) is 2.53. The monoisotopic (exact) mass is 508 g/mol. The lowest BCUT2D eigenvalue weighted by atomic mass is 9.85. The smallest absolute Gasteiger partial charge is 0.233 e. The summed E-state index contributed by atoms with van der Waals surface area (Å²) in [5, 5.41) is 6.50. The van der Waals surface area contributed by atoms with Crippen LogP contribution in [0.2, 0.25) is 0 Å². The third-order valence-electron chi connectivity index (χ3n) is 6.24. The van der Waals surface area contributed by atoms with Crippen molar-refractivity contribution < 1.29 is 9.59 Å². The van der Waals surface area contributed by atoms with Gasteiger partial charge in [-0.1, -0.05) is 42.0 Å². The van der Waals surface area contributed by atoms with Gasteiger partial charge in [0.25, 0.3) is 0 Å². The quantitative estimate of drug-likeness (QED) is 0.203. The number of allylic oxidation sites excluding steroid dienone is 2. The van der Waals surface area contributed by atoms with E-state index in [1.165, 1.54) is 16.0 Å². The number of nitrogens with one attached hydrogen (secondary N) is 2. The summed E-state index contributed by atoms with van der Waals surface area (Å²) < 4.78 is 0. The first-order valence-electron chi connectivity index (χ1n) is 10.1. The van der Waals surface area contributed by atoms with E-state index in [4.69, 9.17) is 0 Å². The first-order valence-corrected chi connectivity index (χ1v) is 10.1. The van der Waals surface area contributed by atoms with Crippen molar-refractivity contribution in [3.63, 3.8) is 0 Å². The van der Waals surface area contributed by atoms with Crippen molar-refractivity contribution in [2.24, 2.45) is 28.7 Å². The van der Waals surface area contributed by atoms with Gasteiger partial charge in [0.2, 0.25) is 11.8 Å². The number of carbonyl (C=O) groups excluding carboxylic acids is 2. The van der Waals surface area contributed by atoms with Crippen LogP contribution < -0.4 is 10.6 Å². The van der Waals surface area contributed by atoms with Crippen LogP contribution in [0.1, 0.15) is 17.5 Å². The summed E-state index contributed by atoms with van der Waals surface area (Å²) in [5.74, 6) is 1.00. The maximum atomic E-state index is 12.7. The average Bonchev–Trinajstić information content (AvgIpc) is 3.37. The number of nitrogens with zero attached hydrogens (tertiary/aromatic N) is 2. The van der Waals surface area contributed by atoms with Crippen molar-refractivity contribution in [3.05, 3.63) is 47.5 Å². The Bertz CT molecular complexity index is 791. The number of hydrogen-bond acceptors (Lipinski definition) is 3. The molecule has 2 fully saturated rings. The van der Waals surface area contributed by atoms with Crippen LogP contribution in [0.3, 0.4) is 0 Å². The number of imide groups is 1. The molecular weight excluding hydrogens is 479 g/mol. The fourth-order valence-electron chi connectivity index (χ4n) is 4.77. The SMILES string of the molecule is CN=C(NCCc1ccc(C)cc1)NCCN1C(=O)C2C3C=CC(C3)C2C1=O.I. The number of hydrogen-bond donors (Lipinski definition) is 2. The predicted molar refractivity (Wildman–Crippen MR) is 124 cm³/mol. The Morgan fingerprint density at radius 3 is 2.21 bits per heavy atom. The van der Waals surface area contributed by atoms with E-state index in [1.54, 1.807) is 7.05 Å². The van der Waals surface area contributed by atoms with Gasteiger partial charge in [0.1, 0.15) is 0 Å². The number of benzene rings is 1. The van der Waals surface area contributed by atoms with Crippen LogP contribution in [0.5, 0.6) is 0 Å². The Balaban J connectivity index is 0.00000240. The number of aliphatic imine (C=N–C) groups is 1. The summed E-state index contributed by atoms with van der Waals surface area (Å²) in [6, 6.07) is 8.50. The molecule has 3 aliphatic rings. The predicted octanol–water partition coefficient (Wildman–Crippen LogP) is 2.13. The Hall–Kier alpha value is -1.90. The molecule has 4 atom stereocenters. The van der Waals surface area contributed by atoms with Gasteiger partial charge in [-0.2, -0.15) is 0 Å². The minimum atomic E-state index is -0.116. The van der Waals surface area contributed by atoms with Crippen LogP contribution in [0.25, 0.3) is 0 Å². The topological polar surface area (TPSA) is 73.8 Å². The minimum absolute atomic E-state index is 0. The molecule has 2 aliphatic carbocycles. The Labute approximate surface area is 189 Å². The van der Waals surface area contributed by atoms with Gasteiger partial charge in [-0.05, 0) is 37.2 Å². The van der Waals surface area contributed by atoms with Crippen LogP contribution in [-0.4, -0.2) is 49.4 Å². The summed E-state index contributed by atoms with van der Waals surface area (Å²) in [4.78, 5) is 31.0. The molecule has 1 aromatic carbocycles. The van der Waals surface area contributed by atoms with E-state index in [0.717, 1.165) is 19.4 Å². The van der Waals surface area contributed by atoms with Gasteiger partial charge in [0.15, 0.2) is 5.96 Å². The third-order valence-corrected chi connectivity index (χ3v) is 6.24. The van der Waals surface area contributed by atoms with Crippen LogP contribution >= 0.6 is 24.0 Å². The molecule has 6 nitrogen and oxygen atoms in total. The van der Waals surface area contributed by atoms with E-state index < -0.39 is 0 Å². The Kier molecular flexibility index (Phi) is 6.97. The van der Waals surface area contributed by atoms with Gasteiger partial charge in [-0.15, -0.1) is 24.0 Å². The van der Waals surface area contributed by atoms with E-state index in [9.17, 15) is 9.59 Å². The fraction of sp³-hybridized carbons (Fsp3) is 0.500. The largest absolute Gasteiger partial charge is 0.356 e. The second kappa shape index (κ2) is 9.28. The Morgan fingerprint density at radius 2 is 1.62 bits per heavy atom. The molecule has 1 saturated heterocycles. The van der Waals surface area contributed by atoms with E-state index in [0.29, 0.717) is 19.0 Å². The first kappa shape index (κ1) is 21.8. The van der Waals surface area contributed by atoms with Crippen LogP contribution in [0, 0.1) is 30.6 Å². The molecule has 0 radical (unpaired) electrons. The van der Waals surface area contributed by atoms with Crippen molar-refractivity contribution in [1.29, 1.82) is 0 Å². The highest BCUT2D eigenvalue weighted by Gasteiger charge is 2.58. The van der Waals surface area contributed by atoms with Crippen molar-refractivity contribution in [1.82, 2.24) is 15.5 Å². The molecule has 1 aromatic rings. The molecule has 4 rings (SSSR count). The number of rotatable bonds is 6. The van der Waals surface area contributed by atoms with Crippen molar-refractivity contribution in [2.75, 3.05) is 26.7 Å². The summed E-state index contributed by atoms with van der Waals surface area (Å²) in [6.45, 7) is 3.74. The van der Waals surface area contributed by atoms with Crippen LogP contribution in [-0.2, 0) is 16.0 Å². The number of guanidine groups is 1. The fourth-order valence-corrected chi connectivity index (χ4v) is 4.77. The average molecular weight is 508 g/mol. The number of halogens is 1. The lowest BCUT2D eigenvalue weighted by Crippen LogP contribution is -2.44. The zero-order valence-corrected chi connectivity index (χ0v) is 19.3. The second-order valence-electron chi connectivity index (χ2n) is 7.99. The minimum Gasteiger partial charge on any atom is -0.356 e. The van der Waals surface area contributed by atoms with Crippen LogP contribution in [0.15, 0.2) is 41.4 Å². The number of carbonyl (C=O) groups is 2. The standard InChI is InChI=1S/C22H28N4O2.HI/c1-14-3-5-15(6-4-14)9-10-24-22(23-2)25-11-12-26-20(27)18-16-7-8-17(13-16)19(18)21(26)28;/h3-8,16-19H,9-13H2,1-2H3,(H2,23,24,25);1H. The third kappa shape index (κ3) is 4.34. The lowest BCUT2D eigenvalue weighted by Gasteiger charge is -2.18. The molecule has 1 heterocycles. The first-order chi connectivity index (χ1) is 13.6. The summed E-state index contributed by atoms with van der Waals surface area (Å²) in [7, 11) is 1.72. The molecule has 2 bridgehead atoms. The zero-order valence-electron chi connectivity index (χ0n) is 16.9. The van der Waals surface area contributed by atoms with Gasteiger partial charge in [-0.3, -0.25) is 19.5 Å². The van der Waals surface area contributed by atoms with Gasteiger partial charge in [0, 0.05) is 26.7 Å². The van der Waals surface area contributed by atoms with Gasteiger partial charge in [0.05, 0.1) is 11.8 Å². The van der Waals surface area contributed by atoms with Crippen molar-refractivity contribution in [2.45, 2.75) is 19.8 Å². The molecule has 7 heteroatoms. The highest BCUT2D eigenvalue weighted by Crippen LogP contribution is 2.52. The molecule has 2 amide bonds. The number of likely N-dealkylation sites (tertiary alicyclic amines) is 1. The molecule has 2 N–H and O–H groups in total. The van der Waals surface area contributed by atoms with E-state index in [-0.39, 0.29) is 59.5 Å². The van der Waals surface area contributed by atoms with Gasteiger partial charge < -0.3 is 10.6 Å². The molecule has 0 spiro atoms. The molecule has 29 heavy (non-hydrogen) atoms. The molecule has 156 valence electrons.